The summed E-state index contributed by atoms with van der Waals surface area (Å²) >= 11 is 0. The van der Waals surface area contributed by atoms with Gasteiger partial charge in [0.15, 0.2) is 5.96 Å². The molecule has 2 N–H and O–H groups in total. The van der Waals surface area contributed by atoms with Gasteiger partial charge in [-0.1, -0.05) is 50.1 Å². The van der Waals surface area contributed by atoms with Crippen LogP contribution >= 0.6 is 0 Å². The van der Waals surface area contributed by atoms with Gasteiger partial charge in [-0.15, -0.1) is 0 Å². The normalized spacial score (nSPS) is 19.5. The van der Waals surface area contributed by atoms with E-state index in [1.165, 1.54) is 4.90 Å². The van der Waals surface area contributed by atoms with Gasteiger partial charge in [0.1, 0.15) is 0 Å². The van der Waals surface area contributed by atoms with Crippen LogP contribution in [0.2, 0.25) is 0 Å². The minimum absolute atomic E-state index is 0.0258. The SMILES string of the molecule is CCCC[C@@H]1C(=O)N(C)C(N)=NC1c1cccc(-c2cccc(C#N)c2)c1. The lowest BCUT2D eigenvalue weighted by atomic mass is 9.86. The summed E-state index contributed by atoms with van der Waals surface area (Å²) in [7, 11) is 1.68. The van der Waals surface area contributed by atoms with Gasteiger partial charge in [0.2, 0.25) is 5.91 Å². The lowest BCUT2D eigenvalue weighted by Gasteiger charge is -2.33. The molecule has 0 aromatic heterocycles. The number of nitrogens with two attached hydrogens (primary N) is 1. The fourth-order valence-corrected chi connectivity index (χ4v) is 3.50. The van der Waals surface area contributed by atoms with Crippen LogP contribution in [0.15, 0.2) is 53.5 Å². The number of rotatable bonds is 5. The minimum atomic E-state index is -0.278. The molecular formula is C22H24N4O. The number of nitrogens with zero attached hydrogens (tertiary/aromatic N) is 3. The van der Waals surface area contributed by atoms with Crippen LogP contribution in [0, 0.1) is 17.2 Å². The molecule has 2 aromatic carbocycles. The first-order chi connectivity index (χ1) is 13.0. The molecule has 3 rings (SSSR count). The highest BCUT2D eigenvalue weighted by molar-refractivity contribution is 5.99. The Hall–Kier alpha value is -3.13. The molecule has 1 aliphatic heterocycles. The van der Waals surface area contributed by atoms with Crippen molar-refractivity contribution in [3.63, 3.8) is 0 Å². The maximum absolute atomic E-state index is 12.8. The van der Waals surface area contributed by atoms with Gasteiger partial charge in [0.25, 0.3) is 0 Å². The second-order valence-corrected chi connectivity index (χ2v) is 6.90. The molecule has 1 heterocycles. The molecule has 27 heavy (non-hydrogen) atoms. The molecule has 1 unspecified atom stereocenters. The summed E-state index contributed by atoms with van der Waals surface area (Å²) in [5, 5.41) is 9.14. The van der Waals surface area contributed by atoms with E-state index in [0.29, 0.717) is 5.56 Å². The Labute approximate surface area is 160 Å². The van der Waals surface area contributed by atoms with E-state index in [9.17, 15) is 4.79 Å². The lowest BCUT2D eigenvalue weighted by molar-refractivity contribution is -0.132. The van der Waals surface area contributed by atoms with Crippen molar-refractivity contribution >= 4 is 11.9 Å². The molecule has 0 bridgehead atoms. The molecular weight excluding hydrogens is 336 g/mol. The van der Waals surface area contributed by atoms with Crippen molar-refractivity contribution in [3.05, 3.63) is 59.7 Å². The highest BCUT2D eigenvalue weighted by Crippen LogP contribution is 2.36. The monoisotopic (exact) mass is 360 g/mol. The van der Waals surface area contributed by atoms with Gasteiger partial charge in [0, 0.05) is 7.05 Å². The first-order valence-electron chi connectivity index (χ1n) is 9.26. The van der Waals surface area contributed by atoms with E-state index in [1.807, 2.05) is 36.4 Å². The van der Waals surface area contributed by atoms with Crippen molar-refractivity contribution in [2.75, 3.05) is 7.05 Å². The van der Waals surface area contributed by atoms with Crippen LogP contribution in [0.5, 0.6) is 0 Å². The number of benzene rings is 2. The number of carbonyl (C=O) groups is 1. The Morgan fingerprint density at radius 1 is 1.19 bits per heavy atom. The van der Waals surface area contributed by atoms with Crippen molar-refractivity contribution in [1.29, 1.82) is 5.26 Å². The summed E-state index contributed by atoms with van der Waals surface area (Å²) < 4.78 is 0. The third-order valence-corrected chi connectivity index (χ3v) is 5.07. The molecule has 138 valence electrons. The molecule has 0 saturated carbocycles. The van der Waals surface area contributed by atoms with Crippen LogP contribution in [0.4, 0.5) is 0 Å². The molecule has 1 aliphatic rings. The van der Waals surface area contributed by atoms with Crippen molar-refractivity contribution in [1.82, 2.24) is 4.90 Å². The maximum atomic E-state index is 12.8. The molecule has 0 saturated heterocycles. The number of aliphatic imine (C=N–C) groups is 1. The molecule has 1 amide bonds. The largest absolute Gasteiger partial charge is 0.369 e. The third kappa shape index (κ3) is 3.85. The summed E-state index contributed by atoms with van der Waals surface area (Å²) in [6, 6.07) is 17.4. The van der Waals surface area contributed by atoms with E-state index < -0.39 is 0 Å². The average Bonchev–Trinajstić information content (AvgIpc) is 2.71. The van der Waals surface area contributed by atoms with Crippen LogP contribution in [-0.2, 0) is 4.79 Å². The zero-order chi connectivity index (χ0) is 19.4. The fourth-order valence-electron chi connectivity index (χ4n) is 3.50. The van der Waals surface area contributed by atoms with Crippen LogP contribution in [0.1, 0.15) is 43.4 Å². The molecule has 5 heteroatoms. The number of hydrogen-bond donors (Lipinski definition) is 1. The highest BCUT2D eigenvalue weighted by atomic mass is 16.2. The van der Waals surface area contributed by atoms with Crippen molar-refractivity contribution in [2.45, 2.75) is 32.2 Å². The predicted octanol–water partition coefficient (Wildman–Crippen LogP) is 3.86. The summed E-state index contributed by atoms with van der Waals surface area (Å²) in [6.45, 7) is 2.12. The van der Waals surface area contributed by atoms with Gasteiger partial charge < -0.3 is 5.73 Å². The van der Waals surface area contributed by atoms with E-state index >= 15 is 0 Å². The summed E-state index contributed by atoms with van der Waals surface area (Å²) in [5.41, 5.74) is 9.56. The third-order valence-electron chi connectivity index (χ3n) is 5.07. The van der Waals surface area contributed by atoms with E-state index in [2.05, 4.69) is 24.1 Å². The van der Waals surface area contributed by atoms with Crippen molar-refractivity contribution in [2.24, 2.45) is 16.6 Å². The Bertz CT molecular complexity index is 913. The zero-order valence-electron chi connectivity index (χ0n) is 15.7. The Morgan fingerprint density at radius 2 is 1.89 bits per heavy atom. The van der Waals surface area contributed by atoms with E-state index in [0.717, 1.165) is 36.0 Å². The lowest BCUT2D eigenvalue weighted by Crippen LogP contribution is -2.47. The Morgan fingerprint density at radius 3 is 2.59 bits per heavy atom. The molecule has 0 fully saturated rings. The van der Waals surface area contributed by atoms with E-state index in [1.54, 1.807) is 13.1 Å². The van der Waals surface area contributed by atoms with Gasteiger partial charge >= 0.3 is 0 Å². The number of guanidine groups is 1. The van der Waals surface area contributed by atoms with Crippen molar-refractivity contribution < 1.29 is 4.79 Å². The zero-order valence-corrected chi connectivity index (χ0v) is 15.7. The number of hydrogen-bond acceptors (Lipinski definition) is 4. The summed E-state index contributed by atoms with van der Waals surface area (Å²) in [6.07, 6.45) is 2.79. The average molecular weight is 360 g/mol. The molecule has 5 nitrogen and oxygen atoms in total. The molecule has 0 spiro atoms. The van der Waals surface area contributed by atoms with Gasteiger partial charge in [-0.05, 0) is 41.3 Å². The quantitative estimate of drug-likeness (QED) is 0.879. The smallest absolute Gasteiger partial charge is 0.234 e. The van der Waals surface area contributed by atoms with Gasteiger partial charge in [0.05, 0.1) is 23.6 Å². The van der Waals surface area contributed by atoms with Gasteiger partial charge in [-0.25, -0.2) is 4.99 Å². The molecule has 2 atom stereocenters. The summed E-state index contributed by atoms with van der Waals surface area (Å²) in [4.78, 5) is 18.9. The molecule has 2 aromatic rings. The van der Waals surface area contributed by atoms with Gasteiger partial charge in [-0.2, -0.15) is 5.26 Å². The number of carbonyl (C=O) groups excluding carboxylic acids is 1. The van der Waals surface area contributed by atoms with Crippen molar-refractivity contribution in [3.8, 4) is 17.2 Å². The Balaban J connectivity index is 2.01. The second-order valence-electron chi connectivity index (χ2n) is 6.90. The summed E-state index contributed by atoms with van der Waals surface area (Å²) in [5.74, 6) is 0.0791. The predicted molar refractivity (Wildman–Crippen MR) is 107 cm³/mol. The number of nitriles is 1. The highest BCUT2D eigenvalue weighted by Gasteiger charge is 2.36. The fraction of sp³-hybridized carbons (Fsp3) is 0.318. The number of unbranched alkanes of at least 4 members (excludes halogenated alkanes) is 1. The van der Waals surface area contributed by atoms with Crippen LogP contribution in [0.25, 0.3) is 11.1 Å². The first kappa shape index (κ1) is 18.7. The van der Waals surface area contributed by atoms with E-state index in [-0.39, 0.29) is 23.8 Å². The van der Waals surface area contributed by atoms with Crippen LogP contribution in [0.3, 0.4) is 0 Å². The van der Waals surface area contributed by atoms with Crippen LogP contribution in [-0.4, -0.2) is 23.8 Å². The second kappa shape index (κ2) is 8.05. The molecule has 0 aliphatic carbocycles. The van der Waals surface area contributed by atoms with E-state index in [4.69, 9.17) is 11.0 Å². The van der Waals surface area contributed by atoms with Crippen LogP contribution < -0.4 is 5.73 Å². The minimum Gasteiger partial charge on any atom is -0.369 e. The number of amides is 1. The van der Waals surface area contributed by atoms with Gasteiger partial charge in [-0.3, -0.25) is 9.69 Å². The Kier molecular flexibility index (Phi) is 5.56. The maximum Gasteiger partial charge on any atom is 0.234 e. The standard InChI is InChI=1S/C22H24N4O/c1-3-4-11-19-20(25-22(24)26(2)21(19)27)18-10-6-9-17(13-18)16-8-5-7-15(12-16)14-23/h5-10,12-13,19-20H,3-4,11H2,1-2H3,(H2,24,25)/t19-,20?/m0/s1. The first-order valence-corrected chi connectivity index (χ1v) is 9.26. The topological polar surface area (TPSA) is 82.5 Å². The molecule has 0 radical (unpaired) electrons.